The van der Waals surface area contributed by atoms with E-state index in [9.17, 15) is 27.8 Å². The summed E-state index contributed by atoms with van der Waals surface area (Å²) in [7, 11) is -3.01. The van der Waals surface area contributed by atoms with Gasteiger partial charge in [0, 0.05) is 42.5 Å². The lowest BCUT2D eigenvalue weighted by Crippen LogP contribution is -2.52. The van der Waals surface area contributed by atoms with Crippen molar-refractivity contribution >= 4 is 40.5 Å². The molecule has 1 aliphatic heterocycles. The number of hydrogen-bond acceptors (Lipinski definition) is 7. The van der Waals surface area contributed by atoms with Crippen molar-refractivity contribution in [2.75, 3.05) is 35.0 Å². The fourth-order valence-corrected chi connectivity index (χ4v) is 7.06. The highest BCUT2D eigenvalue weighted by atomic mass is 35.5. The number of aliphatic hydroxyl groups excluding tert-OH is 1. The molecule has 1 aliphatic rings. The van der Waals surface area contributed by atoms with Crippen molar-refractivity contribution in [3.8, 4) is 0 Å². The van der Waals surface area contributed by atoms with E-state index in [1.807, 2.05) is 6.92 Å². The number of amides is 1. The molecule has 1 saturated heterocycles. The summed E-state index contributed by atoms with van der Waals surface area (Å²) in [5.41, 5.74) is 1.46. The number of anilines is 2. The first-order chi connectivity index (χ1) is 20.2. The number of benzene rings is 2. The van der Waals surface area contributed by atoms with Crippen molar-refractivity contribution in [3.05, 3.63) is 59.2 Å². The number of hydrogen-bond donors (Lipinski definition) is 6. The fraction of sp³-hybridized carbons (Fsp3) is 0.594. The Balaban J connectivity index is 0.00000675. The number of carbonyl (C=O) groups excluding carboxylic acids is 1. The molecule has 0 bridgehead atoms. The van der Waals surface area contributed by atoms with Gasteiger partial charge in [-0.05, 0) is 88.3 Å². The van der Waals surface area contributed by atoms with Crippen LogP contribution in [-0.4, -0.2) is 63.2 Å². The Labute approximate surface area is 269 Å². The van der Waals surface area contributed by atoms with Crippen LogP contribution in [0, 0.1) is 17.6 Å². The van der Waals surface area contributed by atoms with Gasteiger partial charge in [-0.15, -0.1) is 23.2 Å². The van der Waals surface area contributed by atoms with E-state index < -0.39 is 40.5 Å². The maximum atomic E-state index is 14.0. The molecule has 1 fully saturated rings. The summed E-state index contributed by atoms with van der Waals surface area (Å²) in [4.78, 5) is 13.7. The first-order valence-electron chi connectivity index (χ1n) is 15.3. The number of β-amino-alcohol motifs (C(OH)–C–C–N with tert-alkyl or cyclic N) is 1. The predicted octanol–water partition coefficient (Wildman–Crippen LogP) is 6.98. The van der Waals surface area contributed by atoms with Gasteiger partial charge in [-0.2, -0.15) is 0 Å². The average Bonchev–Trinajstić information content (AvgIpc) is 2.90. The lowest BCUT2D eigenvalue weighted by molar-refractivity contribution is 0.0811. The van der Waals surface area contributed by atoms with E-state index in [0.29, 0.717) is 42.4 Å². The molecule has 2 atom stereocenters. The van der Waals surface area contributed by atoms with Gasteiger partial charge in [0.2, 0.25) is 0 Å². The zero-order valence-electron chi connectivity index (χ0n) is 26.5. The van der Waals surface area contributed by atoms with Crippen LogP contribution >= 0.6 is 23.2 Å². The van der Waals surface area contributed by atoms with Crippen molar-refractivity contribution in [1.29, 1.82) is 0 Å². The number of nitrogens with one attached hydrogen (secondary N) is 3. The number of halogens is 3. The topological polar surface area (TPSA) is 117 Å². The molecule has 44 heavy (non-hydrogen) atoms. The standard InChI is InChI=1S/C32H50F2N4O4S.ClH/c1-6-35-27-17-24(18-28(20-27)38-12-7-8-13-43(38,41)42)31(40)37-29(16-23-14-25(33)19-26(34)15-23)30(39)21-36-32(4,5)11-9-10-22(2)3;/h14-15,17-20,22,29-30,35-36,39,41-42H,6-13,16,21H2,1-5H3,(H,37,40);1H/t29-,30-;/m0./s1. The fourth-order valence-electron chi connectivity index (χ4n) is 5.38. The molecule has 1 heterocycles. The second-order valence-corrected chi connectivity index (χ2v) is 14.7. The molecule has 0 radical (unpaired) electrons. The molecule has 8 nitrogen and oxygen atoms in total. The van der Waals surface area contributed by atoms with Crippen LogP contribution in [0.2, 0.25) is 0 Å². The summed E-state index contributed by atoms with van der Waals surface area (Å²) < 4.78 is 51.1. The van der Waals surface area contributed by atoms with Crippen LogP contribution in [0.4, 0.5) is 20.2 Å². The Morgan fingerprint density at radius 1 is 1.07 bits per heavy atom. The number of nitrogens with zero attached hydrogens (tertiary/aromatic N) is 1. The van der Waals surface area contributed by atoms with Crippen LogP contribution in [0.1, 0.15) is 82.6 Å². The van der Waals surface area contributed by atoms with E-state index >= 15 is 0 Å². The zero-order valence-corrected chi connectivity index (χ0v) is 28.2. The van der Waals surface area contributed by atoms with E-state index in [1.54, 1.807) is 22.5 Å². The van der Waals surface area contributed by atoms with Crippen LogP contribution in [-0.2, 0) is 6.42 Å². The van der Waals surface area contributed by atoms with Crippen molar-refractivity contribution in [2.45, 2.75) is 90.8 Å². The van der Waals surface area contributed by atoms with Crippen LogP contribution in [0.3, 0.4) is 0 Å². The van der Waals surface area contributed by atoms with Gasteiger partial charge in [0.05, 0.1) is 23.6 Å². The van der Waals surface area contributed by atoms with E-state index in [4.69, 9.17) is 0 Å². The smallest absolute Gasteiger partial charge is 0.251 e. The van der Waals surface area contributed by atoms with Crippen LogP contribution in [0.25, 0.3) is 0 Å². The summed E-state index contributed by atoms with van der Waals surface area (Å²) in [6.45, 7) is 11.6. The van der Waals surface area contributed by atoms with E-state index in [-0.39, 0.29) is 42.2 Å². The summed E-state index contributed by atoms with van der Waals surface area (Å²) in [6.07, 6.45) is 3.47. The first-order valence-corrected chi connectivity index (χ1v) is 17.0. The largest absolute Gasteiger partial charge is 0.390 e. The Kier molecular flexibility index (Phi) is 14.7. The predicted molar refractivity (Wildman–Crippen MR) is 180 cm³/mol. The molecule has 0 saturated carbocycles. The molecule has 3 rings (SSSR count). The normalized spacial score (nSPS) is 17.0. The van der Waals surface area contributed by atoms with Gasteiger partial charge < -0.3 is 21.1 Å². The third kappa shape index (κ3) is 11.7. The van der Waals surface area contributed by atoms with Gasteiger partial charge in [0.25, 0.3) is 5.91 Å². The Hall–Kier alpha value is -2.15. The molecule has 1 amide bonds. The molecule has 2 aromatic rings. The van der Waals surface area contributed by atoms with Crippen molar-refractivity contribution in [2.24, 2.45) is 5.92 Å². The van der Waals surface area contributed by atoms with Gasteiger partial charge in [0.15, 0.2) is 0 Å². The van der Waals surface area contributed by atoms with Crippen LogP contribution < -0.4 is 20.3 Å². The highest BCUT2D eigenvalue weighted by Gasteiger charge is 2.29. The molecule has 0 spiro atoms. The van der Waals surface area contributed by atoms with E-state index in [1.165, 1.54) is 12.1 Å². The summed E-state index contributed by atoms with van der Waals surface area (Å²) in [6, 6.07) is 7.37. The quantitative estimate of drug-likeness (QED) is 0.122. The minimum Gasteiger partial charge on any atom is -0.390 e. The molecule has 0 unspecified atom stereocenters. The first kappa shape index (κ1) is 38.0. The molecular formula is C32H51ClF2N4O4S. The molecule has 6 N–H and O–H groups in total. The van der Waals surface area contributed by atoms with Gasteiger partial charge in [-0.1, -0.05) is 26.7 Å². The summed E-state index contributed by atoms with van der Waals surface area (Å²) in [5, 5.41) is 20.8. The second-order valence-electron chi connectivity index (χ2n) is 12.6. The van der Waals surface area contributed by atoms with Gasteiger partial charge >= 0.3 is 0 Å². The van der Waals surface area contributed by atoms with Gasteiger partial charge in [-0.3, -0.25) is 18.2 Å². The van der Waals surface area contributed by atoms with Crippen molar-refractivity contribution < 1.29 is 27.8 Å². The van der Waals surface area contributed by atoms with Crippen LogP contribution in [0.15, 0.2) is 36.4 Å². The number of carbonyl (C=O) groups is 1. The second kappa shape index (κ2) is 17.0. The summed E-state index contributed by atoms with van der Waals surface area (Å²) >= 11 is 0. The highest BCUT2D eigenvalue weighted by molar-refractivity contribution is 8.25. The average molecular weight is 661 g/mol. The van der Waals surface area contributed by atoms with E-state index in [0.717, 1.165) is 31.7 Å². The molecule has 250 valence electrons. The molecular weight excluding hydrogens is 610 g/mol. The Morgan fingerprint density at radius 3 is 2.36 bits per heavy atom. The lowest BCUT2D eigenvalue weighted by atomic mass is 9.93. The highest BCUT2D eigenvalue weighted by Crippen LogP contribution is 2.50. The third-order valence-electron chi connectivity index (χ3n) is 7.76. The molecule has 0 aliphatic carbocycles. The van der Waals surface area contributed by atoms with Crippen LogP contribution in [0.5, 0.6) is 0 Å². The van der Waals surface area contributed by atoms with Crippen molar-refractivity contribution in [1.82, 2.24) is 10.6 Å². The summed E-state index contributed by atoms with van der Waals surface area (Å²) in [5.74, 6) is -1.10. The number of aliphatic hydroxyl groups is 1. The van der Waals surface area contributed by atoms with Crippen molar-refractivity contribution in [3.63, 3.8) is 0 Å². The third-order valence-corrected chi connectivity index (χ3v) is 9.70. The molecule has 0 aromatic heterocycles. The minimum absolute atomic E-state index is 0. The molecule has 12 heteroatoms. The Morgan fingerprint density at radius 2 is 1.75 bits per heavy atom. The molecule has 2 aromatic carbocycles. The maximum Gasteiger partial charge on any atom is 0.251 e. The van der Waals surface area contributed by atoms with Gasteiger partial charge in [0.1, 0.15) is 11.6 Å². The lowest BCUT2D eigenvalue weighted by Gasteiger charge is -2.47. The number of rotatable bonds is 15. The maximum absolute atomic E-state index is 14.0. The minimum atomic E-state index is -3.01. The Bertz CT molecular complexity index is 1200. The monoisotopic (exact) mass is 660 g/mol. The van der Waals surface area contributed by atoms with E-state index in [2.05, 4.69) is 43.6 Å². The van der Waals surface area contributed by atoms with Gasteiger partial charge in [-0.25, -0.2) is 8.78 Å². The SMILES string of the molecule is CCNc1cc(C(=O)N[C@@H](Cc2cc(F)cc(F)c2)[C@@H](O)CNC(C)(C)CCCC(C)C)cc(N2CCCCS2(O)O)c1.Cl. The zero-order chi connectivity index (χ0) is 31.8.